The maximum Gasteiger partial charge on any atom is 0.267 e. The molecule has 1 aromatic rings. The van der Waals surface area contributed by atoms with Gasteiger partial charge in [0, 0.05) is 24.2 Å². The van der Waals surface area contributed by atoms with E-state index < -0.39 is 0 Å². The van der Waals surface area contributed by atoms with Crippen LogP contribution in [0.15, 0.2) is 16.9 Å². The van der Waals surface area contributed by atoms with Crippen LogP contribution in [0.5, 0.6) is 5.88 Å². The monoisotopic (exact) mass is 239 g/mol. The topological polar surface area (TPSA) is 56.1 Å². The lowest BCUT2D eigenvalue weighted by molar-refractivity contribution is 0.347. The third-order valence-electron chi connectivity index (χ3n) is 2.86. The predicted molar refractivity (Wildman–Crippen MR) is 67.4 cm³/mol. The van der Waals surface area contributed by atoms with Crippen LogP contribution in [0.3, 0.4) is 0 Å². The maximum absolute atomic E-state index is 11.5. The van der Waals surface area contributed by atoms with Crippen molar-refractivity contribution in [3.63, 3.8) is 0 Å². The first-order valence-corrected chi connectivity index (χ1v) is 5.85. The Hall–Kier alpha value is -1.36. The normalized spacial score (nSPS) is 11.5. The molecule has 17 heavy (non-hydrogen) atoms. The fourth-order valence-corrected chi connectivity index (χ4v) is 1.32. The highest BCUT2D eigenvalue weighted by Crippen LogP contribution is 2.06. The first-order valence-electron chi connectivity index (χ1n) is 5.85. The van der Waals surface area contributed by atoms with Crippen LogP contribution in [0.4, 0.5) is 0 Å². The molecular weight excluding hydrogens is 218 g/mol. The largest absolute Gasteiger partial charge is 0.480 e. The van der Waals surface area contributed by atoms with Gasteiger partial charge in [-0.25, -0.2) is 4.68 Å². The van der Waals surface area contributed by atoms with Crippen molar-refractivity contribution in [2.45, 2.75) is 39.3 Å². The molecule has 0 saturated carbocycles. The van der Waals surface area contributed by atoms with Crippen LogP contribution < -0.4 is 15.6 Å². The van der Waals surface area contributed by atoms with E-state index in [1.165, 1.54) is 17.9 Å². The van der Waals surface area contributed by atoms with Gasteiger partial charge in [-0.1, -0.05) is 6.92 Å². The lowest BCUT2D eigenvalue weighted by Crippen LogP contribution is -2.41. The van der Waals surface area contributed by atoms with E-state index in [-0.39, 0.29) is 11.1 Å². The average molecular weight is 239 g/mol. The summed E-state index contributed by atoms with van der Waals surface area (Å²) >= 11 is 0. The van der Waals surface area contributed by atoms with E-state index >= 15 is 0 Å². The Morgan fingerprint density at radius 1 is 1.47 bits per heavy atom. The summed E-state index contributed by atoms with van der Waals surface area (Å²) in [5.74, 6) is 0.458. The van der Waals surface area contributed by atoms with Gasteiger partial charge in [0.1, 0.15) is 0 Å². The van der Waals surface area contributed by atoms with Crippen LogP contribution in [0.25, 0.3) is 0 Å². The van der Waals surface area contributed by atoms with E-state index in [9.17, 15) is 4.79 Å². The fraction of sp³-hybridized carbons (Fsp3) is 0.667. The van der Waals surface area contributed by atoms with Gasteiger partial charge in [-0.05, 0) is 20.3 Å². The third kappa shape index (κ3) is 4.19. The number of nitrogens with zero attached hydrogens (tertiary/aromatic N) is 2. The fourth-order valence-electron chi connectivity index (χ4n) is 1.32. The van der Waals surface area contributed by atoms with E-state index in [4.69, 9.17) is 4.74 Å². The lowest BCUT2D eigenvalue weighted by Gasteiger charge is -2.24. The van der Waals surface area contributed by atoms with Gasteiger partial charge in [0.25, 0.3) is 5.56 Å². The van der Waals surface area contributed by atoms with Gasteiger partial charge in [0.05, 0.1) is 13.7 Å². The summed E-state index contributed by atoms with van der Waals surface area (Å²) in [6, 6.07) is 3.04. The van der Waals surface area contributed by atoms with E-state index in [0.29, 0.717) is 19.0 Å². The van der Waals surface area contributed by atoms with Crippen molar-refractivity contribution in [2.75, 3.05) is 13.7 Å². The van der Waals surface area contributed by atoms with E-state index in [0.717, 1.165) is 6.42 Å². The number of hydrogen-bond acceptors (Lipinski definition) is 4. The quantitative estimate of drug-likeness (QED) is 0.805. The molecule has 0 atom stereocenters. The molecule has 0 unspecified atom stereocenters. The summed E-state index contributed by atoms with van der Waals surface area (Å²) in [6.07, 6.45) is 1.04. The summed E-state index contributed by atoms with van der Waals surface area (Å²) in [4.78, 5) is 11.5. The van der Waals surface area contributed by atoms with Crippen molar-refractivity contribution in [3.8, 4) is 5.88 Å². The highest BCUT2D eigenvalue weighted by atomic mass is 16.5. The van der Waals surface area contributed by atoms with Crippen molar-refractivity contribution in [1.82, 2.24) is 15.1 Å². The van der Waals surface area contributed by atoms with E-state index in [1.807, 2.05) is 0 Å². The minimum atomic E-state index is -0.109. The van der Waals surface area contributed by atoms with E-state index in [2.05, 4.69) is 31.2 Å². The second kappa shape index (κ2) is 5.82. The Bertz CT molecular complexity index is 412. The van der Waals surface area contributed by atoms with Crippen LogP contribution in [0.2, 0.25) is 0 Å². The molecule has 5 heteroatoms. The highest BCUT2D eigenvalue weighted by molar-refractivity contribution is 5.05. The van der Waals surface area contributed by atoms with E-state index in [1.54, 1.807) is 6.07 Å². The molecule has 1 aromatic heterocycles. The number of hydrogen-bond donors (Lipinski definition) is 1. The lowest BCUT2D eigenvalue weighted by atomic mass is 10.0. The summed E-state index contributed by atoms with van der Waals surface area (Å²) in [5.41, 5.74) is -0.0236. The molecule has 1 rings (SSSR count). The molecule has 5 nitrogen and oxygen atoms in total. The number of rotatable bonds is 6. The smallest absolute Gasteiger partial charge is 0.267 e. The zero-order chi connectivity index (χ0) is 12.9. The molecule has 0 aromatic carbocycles. The van der Waals surface area contributed by atoms with Crippen LogP contribution >= 0.6 is 0 Å². The summed E-state index contributed by atoms with van der Waals surface area (Å²) < 4.78 is 6.40. The number of nitrogens with one attached hydrogen (secondary N) is 1. The van der Waals surface area contributed by atoms with Crippen LogP contribution in [0, 0.1) is 0 Å². The van der Waals surface area contributed by atoms with Crippen molar-refractivity contribution >= 4 is 0 Å². The molecule has 0 aliphatic rings. The van der Waals surface area contributed by atoms with Crippen LogP contribution in [-0.2, 0) is 6.54 Å². The van der Waals surface area contributed by atoms with Gasteiger partial charge >= 0.3 is 0 Å². The van der Waals surface area contributed by atoms with Gasteiger partial charge in [-0.3, -0.25) is 4.79 Å². The molecule has 0 spiro atoms. The van der Waals surface area contributed by atoms with Crippen LogP contribution in [0.1, 0.15) is 27.2 Å². The van der Waals surface area contributed by atoms with Crippen molar-refractivity contribution in [2.24, 2.45) is 0 Å². The van der Waals surface area contributed by atoms with Crippen molar-refractivity contribution in [3.05, 3.63) is 22.5 Å². The summed E-state index contributed by atoms with van der Waals surface area (Å²) in [7, 11) is 1.54. The molecule has 96 valence electrons. The minimum absolute atomic E-state index is 0.0858. The Labute approximate surface area is 102 Å². The maximum atomic E-state index is 11.5. The SMILES string of the molecule is CCC(C)(C)NCCn1nc(OC)ccc1=O. The van der Waals surface area contributed by atoms with Gasteiger partial charge < -0.3 is 10.1 Å². The Morgan fingerprint density at radius 3 is 2.76 bits per heavy atom. The molecule has 0 aliphatic heterocycles. The van der Waals surface area contributed by atoms with Gasteiger partial charge in [-0.15, -0.1) is 5.10 Å². The van der Waals surface area contributed by atoms with Crippen molar-refractivity contribution in [1.29, 1.82) is 0 Å². The zero-order valence-corrected chi connectivity index (χ0v) is 11.0. The molecule has 1 N–H and O–H groups in total. The summed E-state index contributed by atoms with van der Waals surface area (Å²) in [5, 5.41) is 7.46. The number of ether oxygens (including phenoxy) is 1. The predicted octanol–water partition coefficient (Wildman–Crippen LogP) is 1.03. The van der Waals surface area contributed by atoms with Gasteiger partial charge in [0.15, 0.2) is 0 Å². The molecular formula is C12H21N3O2. The second-order valence-electron chi connectivity index (χ2n) is 4.60. The molecule has 0 bridgehead atoms. The first kappa shape index (κ1) is 13.7. The molecule has 0 fully saturated rings. The van der Waals surface area contributed by atoms with Crippen LogP contribution in [-0.4, -0.2) is 29.0 Å². The summed E-state index contributed by atoms with van der Waals surface area (Å²) in [6.45, 7) is 7.65. The Balaban J connectivity index is 2.60. The Kier molecular flexibility index (Phi) is 4.69. The third-order valence-corrected chi connectivity index (χ3v) is 2.86. The standard InChI is InChI=1S/C12H21N3O2/c1-5-12(2,3)13-8-9-15-11(16)7-6-10(14-15)17-4/h6-7,13H,5,8-9H2,1-4H3. The molecule has 0 aliphatic carbocycles. The van der Waals surface area contributed by atoms with Gasteiger partial charge in [-0.2, -0.15) is 0 Å². The first-order chi connectivity index (χ1) is 7.98. The number of aromatic nitrogens is 2. The second-order valence-corrected chi connectivity index (χ2v) is 4.60. The highest BCUT2D eigenvalue weighted by Gasteiger charge is 2.13. The molecule has 0 saturated heterocycles. The minimum Gasteiger partial charge on any atom is -0.480 e. The molecule has 1 heterocycles. The number of methoxy groups -OCH3 is 1. The zero-order valence-electron chi connectivity index (χ0n) is 11.0. The molecule has 0 radical (unpaired) electrons. The average Bonchev–Trinajstić information content (AvgIpc) is 2.31. The van der Waals surface area contributed by atoms with Gasteiger partial charge in [0.2, 0.25) is 5.88 Å². The Morgan fingerprint density at radius 2 is 2.18 bits per heavy atom. The molecule has 0 amide bonds. The van der Waals surface area contributed by atoms with Crippen molar-refractivity contribution < 1.29 is 4.74 Å².